The molecule has 0 unspecified atom stereocenters. The van der Waals surface area contributed by atoms with Gasteiger partial charge in [0.05, 0.1) is 0 Å². The largest absolute Gasteiger partial charge is 1.00 e. The van der Waals surface area contributed by atoms with Gasteiger partial charge in [0.25, 0.3) is 8.05 Å². The second kappa shape index (κ2) is 8.98. The zero-order valence-electron chi connectivity index (χ0n) is 3.99. The SMILES string of the molecule is [B]OC.[H-].[Na+]. The summed E-state index contributed by atoms with van der Waals surface area (Å²) in [6.07, 6.45) is 0. The first kappa shape index (κ1) is 8.90. The third kappa shape index (κ3) is 11.8. The van der Waals surface area contributed by atoms with E-state index in [1.165, 1.54) is 7.11 Å². The quantitative estimate of drug-likeness (QED) is 0.271. The van der Waals surface area contributed by atoms with E-state index in [-0.39, 0.29) is 31.0 Å². The molecule has 1 nitrogen and oxygen atoms in total. The van der Waals surface area contributed by atoms with Crippen molar-refractivity contribution in [3.8, 4) is 0 Å². The van der Waals surface area contributed by atoms with Gasteiger partial charge in [-0.25, -0.2) is 0 Å². The van der Waals surface area contributed by atoms with Gasteiger partial charge in [0, 0.05) is 7.11 Å². The van der Waals surface area contributed by atoms with E-state index >= 15 is 0 Å². The molecule has 0 atom stereocenters. The Labute approximate surface area is 50.9 Å². The third-order valence-electron chi connectivity index (χ3n) is 0. The van der Waals surface area contributed by atoms with Crippen LogP contribution in [0.4, 0.5) is 0 Å². The minimum atomic E-state index is 0. The molecule has 0 aromatic carbocycles. The molecule has 18 valence electrons. The molecule has 0 aliphatic heterocycles. The number of rotatable bonds is 0. The molecule has 0 aromatic rings. The van der Waals surface area contributed by atoms with Gasteiger partial charge in [-0.05, 0) is 0 Å². The zero-order valence-corrected chi connectivity index (χ0v) is 4.99. The fraction of sp³-hybridized carbons (Fsp3) is 1.00. The predicted molar refractivity (Wildman–Crippen MR) is 13.9 cm³/mol. The van der Waals surface area contributed by atoms with Crippen LogP contribution < -0.4 is 29.6 Å². The van der Waals surface area contributed by atoms with Crippen molar-refractivity contribution in [1.29, 1.82) is 0 Å². The average molecular weight is 65.8 g/mol. The van der Waals surface area contributed by atoms with Crippen molar-refractivity contribution in [3.63, 3.8) is 0 Å². The molecule has 0 N–H and O–H groups in total. The Morgan fingerprint density at radius 1 is 2.00 bits per heavy atom. The topological polar surface area (TPSA) is 9.23 Å². The fourth-order valence-electron chi connectivity index (χ4n) is 0. The Hall–Kier alpha value is 1.02. The summed E-state index contributed by atoms with van der Waals surface area (Å²) >= 11 is 0. The van der Waals surface area contributed by atoms with Crippen LogP contribution in [0.2, 0.25) is 0 Å². The molecule has 0 saturated heterocycles. The molecular formula is CH4BNaO. The Bertz CT molecular complexity index is 11.6. The first-order valence-electron chi connectivity index (χ1n) is 0.644. The Kier molecular flexibility index (Phi) is 20.0. The fourth-order valence-corrected chi connectivity index (χ4v) is 0. The van der Waals surface area contributed by atoms with Gasteiger partial charge in [0.15, 0.2) is 0 Å². The zero-order chi connectivity index (χ0) is 2.71. The van der Waals surface area contributed by atoms with Gasteiger partial charge in [0.2, 0.25) is 0 Å². The van der Waals surface area contributed by atoms with Crippen molar-refractivity contribution in [3.05, 3.63) is 0 Å². The summed E-state index contributed by atoms with van der Waals surface area (Å²) < 4.78 is 3.75. The summed E-state index contributed by atoms with van der Waals surface area (Å²) in [5.74, 6) is 0. The van der Waals surface area contributed by atoms with Crippen molar-refractivity contribution in [1.82, 2.24) is 0 Å². The maximum absolute atomic E-state index is 4.35. The normalized spacial score (nSPS) is 4.25. The van der Waals surface area contributed by atoms with Crippen molar-refractivity contribution in [2.75, 3.05) is 7.11 Å². The van der Waals surface area contributed by atoms with E-state index in [9.17, 15) is 0 Å². The molecule has 0 spiro atoms. The Morgan fingerprint density at radius 3 is 2.00 bits per heavy atom. The summed E-state index contributed by atoms with van der Waals surface area (Å²) in [5, 5.41) is 0. The monoisotopic (exact) mass is 66.0 g/mol. The van der Waals surface area contributed by atoms with E-state index < -0.39 is 0 Å². The molecule has 4 heavy (non-hydrogen) atoms. The molecule has 0 aliphatic carbocycles. The van der Waals surface area contributed by atoms with Crippen LogP contribution in [0, 0.1) is 0 Å². The maximum Gasteiger partial charge on any atom is 1.00 e. The standard InChI is InChI=1S/CH3BO.Na.H/c1-3-2;;/h1H3;;/q;+1;-1. The molecule has 0 aliphatic rings. The minimum Gasteiger partial charge on any atom is -1.00 e. The van der Waals surface area contributed by atoms with E-state index in [1.807, 2.05) is 0 Å². The summed E-state index contributed by atoms with van der Waals surface area (Å²) in [6.45, 7) is 0. The van der Waals surface area contributed by atoms with Crippen molar-refractivity contribution in [2.45, 2.75) is 0 Å². The molecule has 2 radical (unpaired) electrons. The van der Waals surface area contributed by atoms with Gasteiger partial charge >= 0.3 is 29.6 Å². The van der Waals surface area contributed by atoms with Gasteiger partial charge in [0.1, 0.15) is 0 Å². The van der Waals surface area contributed by atoms with Crippen molar-refractivity contribution in [2.24, 2.45) is 0 Å². The molecule has 0 amide bonds. The predicted octanol–water partition coefficient (Wildman–Crippen LogP) is -3.17. The van der Waals surface area contributed by atoms with Crippen LogP contribution in [-0.4, -0.2) is 15.2 Å². The molecule has 0 fully saturated rings. The molecule has 0 aromatic heterocycles. The number of hydrogen-bond donors (Lipinski definition) is 0. The van der Waals surface area contributed by atoms with Crippen LogP contribution in [0.1, 0.15) is 1.43 Å². The summed E-state index contributed by atoms with van der Waals surface area (Å²) in [5.41, 5.74) is 0. The van der Waals surface area contributed by atoms with E-state index in [0.717, 1.165) is 0 Å². The van der Waals surface area contributed by atoms with Crippen LogP contribution >= 0.6 is 0 Å². The molecular weight excluding hydrogens is 61.8 g/mol. The smallest absolute Gasteiger partial charge is 1.00 e. The number of hydrogen-bond acceptors (Lipinski definition) is 1. The van der Waals surface area contributed by atoms with Crippen LogP contribution in [0.3, 0.4) is 0 Å². The third-order valence-corrected chi connectivity index (χ3v) is 0. The van der Waals surface area contributed by atoms with Gasteiger partial charge in [-0.2, -0.15) is 0 Å². The van der Waals surface area contributed by atoms with Gasteiger partial charge < -0.3 is 6.08 Å². The molecule has 0 bridgehead atoms. The maximum atomic E-state index is 4.35. The van der Waals surface area contributed by atoms with Crippen molar-refractivity contribution < 1.29 is 35.6 Å². The average Bonchev–Trinajstić information content (AvgIpc) is 0.918. The summed E-state index contributed by atoms with van der Waals surface area (Å²) in [7, 11) is 5.75. The first-order chi connectivity index (χ1) is 1.41. The van der Waals surface area contributed by atoms with E-state index in [0.29, 0.717) is 0 Å². The minimum absolute atomic E-state index is 0. The summed E-state index contributed by atoms with van der Waals surface area (Å²) in [4.78, 5) is 0. The summed E-state index contributed by atoms with van der Waals surface area (Å²) in [6, 6.07) is 0. The molecule has 0 saturated carbocycles. The van der Waals surface area contributed by atoms with E-state index in [2.05, 4.69) is 12.7 Å². The Balaban J connectivity index is -0.0000000200. The van der Waals surface area contributed by atoms with Gasteiger partial charge in [-0.1, -0.05) is 0 Å². The second-order valence-corrected chi connectivity index (χ2v) is 0.236. The van der Waals surface area contributed by atoms with Crippen LogP contribution in [-0.2, 0) is 4.65 Å². The van der Waals surface area contributed by atoms with Crippen LogP contribution in [0.5, 0.6) is 0 Å². The van der Waals surface area contributed by atoms with Crippen molar-refractivity contribution >= 4 is 8.05 Å². The second-order valence-electron chi connectivity index (χ2n) is 0.236. The molecule has 0 heterocycles. The van der Waals surface area contributed by atoms with Crippen LogP contribution in [0.25, 0.3) is 0 Å². The van der Waals surface area contributed by atoms with Crippen LogP contribution in [0.15, 0.2) is 0 Å². The molecule has 3 heteroatoms. The van der Waals surface area contributed by atoms with E-state index in [1.54, 1.807) is 0 Å². The van der Waals surface area contributed by atoms with Gasteiger partial charge in [-0.3, -0.25) is 0 Å². The first-order valence-corrected chi connectivity index (χ1v) is 0.644. The Morgan fingerprint density at radius 2 is 2.00 bits per heavy atom. The molecule has 0 rings (SSSR count). The van der Waals surface area contributed by atoms with E-state index in [4.69, 9.17) is 0 Å². The van der Waals surface area contributed by atoms with Gasteiger partial charge in [-0.15, -0.1) is 0 Å².